The van der Waals surface area contributed by atoms with Crippen LogP contribution in [0.2, 0.25) is 0 Å². The molecule has 3 aromatic carbocycles. The fourth-order valence-electron chi connectivity index (χ4n) is 5.93. The van der Waals surface area contributed by atoms with Gasteiger partial charge >= 0.3 is 0 Å². The first-order valence-electron chi connectivity index (χ1n) is 14.4. The molecule has 1 atom stereocenters. The zero-order valence-corrected chi connectivity index (χ0v) is 24.9. The molecule has 0 aliphatic carbocycles. The molecule has 1 saturated heterocycles. The third-order valence-corrected chi connectivity index (χ3v) is 9.33. The van der Waals surface area contributed by atoms with E-state index in [1.807, 2.05) is 72.3 Å². The van der Waals surface area contributed by atoms with Crippen molar-refractivity contribution in [3.63, 3.8) is 0 Å². The van der Waals surface area contributed by atoms with Crippen LogP contribution in [-0.2, 0) is 14.3 Å². The molecule has 0 saturated carbocycles. The van der Waals surface area contributed by atoms with E-state index in [2.05, 4.69) is 13.0 Å². The van der Waals surface area contributed by atoms with Gasteiger partial charge in [0.1, 0.15) is 12.4 Å². The minimum atomic E-state index is -0.258. The lowest BCUT2D eigenvalue weighted by Crippen LogP contribution is -2.48. The molecular weight excluding hydrogens is 564 g/mol. The number of carbonyl (C=O) groups is 2. The van der Waals surface area contributed by atoms with E-state index in [-0.39, 0.29) is 36.2 Å². The molecule has 220 valence electrons. The van der Waals surface area contributed by atoms with Crippen molar-refractivity contribution >= 4 is 29.4 Å². The van der Waals surface area contributed by atoms with Gasteiger partial charge in [-0.25, -0.2) is 4.68 Å². The van der Waals surface area contributed by atoms with Crippen molar-refractivity contribution in [1.29, 1.82) is 0 Å². The summed E-state index contributed by atoms with van der Waals surface area (Å²) in [7, 11) is 0. The van der Waals surface area contributed by atoms with Gasteiger partial charge in [-0.15, -0.1) is 11.8 Å². The predicted molar refractivity (Wildman–Crippen MR) is 165 cm³/mol. The second kappa shape index (κ2) is 11.4. The Kier molecular flexibility index (Phi) is 7.32. The Morgan fingerprint density at radius 1 is 0.977 bits per heavy atom. The average molecular weight is 597 g/mol. The summed E-state index contributed by atoms with van der Waals surface area (Å²) in [4.78, 5) is 31.1. The average Bonchev–Trinajstić information content (AvgIpc) is 3.62. The normalized spacial score (nSPS) is 18.0. The van der Waals surface area contributed by atoms with Crippen molar-refractivity contribution in [2.45, 2.75) is 19.1 Å². The number of thioether (sulfide) groups is 1. The van der Waals surface area contributed by atoms with Crippen molar-refractivity contribution in [3.8, 4) is 28.4 Å². The van der Waals surface area contributed by atoms with Crippen molar-refractivity contribution in [2.24, 2.45) is 0 Å². The lowest BCUT2D eigenvalue weighted by atomic mass is 9.99. The molecule has 2 amide bonds. The number of anilines is 1. The quantitative estimate of drug-likeness (QED) is 0.324. The van der Waals surface area contributed by atoms with E-state index in [9.17, 15) is 9.59 Å². The molecule has 9 nitrogen and oxygen atoms in total. The van der Waals surface area contributed by atoms with Crippen LogP contribution in [0.1, 0.15) is 27.5 Å². The van der Waals surface area contributed by atoms with Crippen LogP contribution in [0.25, 0.3) is 16.9 Å². The first-order chi connectivity index (χ1) is 21.0. The van der Waals surface area contributed by atoms with Crippen molar-refractivity contribution in [1.82, 2.24) is 14.7 Å². The number of fused-ring (bicyclic) bond motifs is 2. The molecule has 4 heterocycles. The minimum absolute atomic E-state index is 0.0783. The number of ether oxygens (including phenoxy) is 3. The fraction of sp³-hybridized carbons (Fsp3) is 0.303. The monoisotopic (exact) mass is 596 g/mol. The number of hydrogen-bond donors (Lipinski definition) is 0. The molecule has 7 rings (SSSR count). The third kappa shape index (κ3) is 5.14. The Labute approximate surface area is 254 Å². The maximum atomic E-state index is 14.1. The van der Waals surface area contributed by atoms with E-state index in [0.717, 1.165) is 39.2 Å². The minimum Gasteiger partial charge on any atom is -0.454 e. The van der Waals surface area contributed by atoms with Gasteiger partial charge in [-0.05, 0) is 43.2 Å². The first kappa shape index (κ1) is 27.5. The number of aromatic nitrogens is 2. The van der Waals surface area contributed by atoms with Gasteiger partial charge in [0.15, 0.2) is 11.5 Å². The molecule has 0 radical (unpaired) electrons. The van der Waals surface area contributed by atoms with Crippen LogP contribution in [0.3, 0.4) is 0 Å². The highest BCUT2D eigenvalue weighted by Crippen LogP contribution is 2.50. The Hall–Kier alpha value is -4.28. The first-order valence-corrected chi connectivity index (χ1v) is 15.5. The molecule has 10 heteroatoms. The Balaban J connectivity index is 1.46. The highest BCUT2D eigenvalue weighted by molar-refractivity contribution is 8.00. The molecule has 43 heavy (non-hydrogen) atoms. The smallest absolute Gasteiger partial charge is 0.242 e. The largest absolute Gasteiger partial charge is 0.454 e. The summed E-state index contributed by atoms with van der Waals surface area (Å²) in [5, 5.41) is 4.97. The Morgan fingerprint density at radius 3 is 2.56 bits per heavy atom. The van der Waals surface area contributed by atoms with Crippen LogP contribution in [-0.4, -0.2) is 71.9 Å². The zero-order chi connectivity index (χ0) is 29.5. The van der Waals surface area contributed by atoms with Gasteiger partial charge in [-0.1, -0.05) is 54.1 Å². The topological polar surface area (TPSA) is 86.1 Å². The highest BCUT2D eigenvalue weighted by atomic mass is 32.2. The van der Waals surface area contributed by atoms with Gasteiger partial charge in [-0.3, -0.25) is 14.5 Å². The molecule has 0 unspecified atom stereocenters. The SMILES string of the molecule is Cc1ccc(-n2nc(-c3ccccc3)c3c2N(CC(=O)N2CCOCC2)C(=O)CS[C@@H]3c2ccc3c(c2)OCO3)c(C)c1. The summed E-state index contributed by atoms with van der Waals surface area (Å²) in [6.07, 6.45) is 0. The van der Waals surface area contributed by atoms with Crippen LogP contribution in [0.4, 0.5) is 5.82 Å². The lowest BCUT2D eigenvalue weighted by Gasteiger charge is -2.30. The van der Waals surface area contributed by atoms with E-state index in [1.54, 1.807) is 9.80 Å². The maximum Gasteiger partial charge on any atom is 0.242 e. The summed E-state index contributed by atoms with van der Waals surface area (Å²) in [6.45, 7) is 6.20. The van der Waals surface area contributed by atoms with E-state index in [4.69, 9.17) is 19.3 Å². The number of carbonyl (C=O) groups excluding carboxylic acids is 2. The molecule has 1 fully saturated rings. The Bertz CT molecular complexity index is 1700. The number of rotatable bonds is 5. The molecule has 3 aliphatic heterocycles. The molecule has 1 aromatic heterocycles. The van der Waals surface area contributed by atoms with Crippen LogP contribution < -0.4 is 14.4 Å². The summed E-state index contributed by atoms with van der Waals surface area (Å²) in [5.74, 6) is 1.95. The highest BCUT2D eigenvalue weighted by Gasteiger charge is 2.39. The standard InChI is InChI=1S/C33H32N4O5S/c1-21-8-10-25(22(2)16-21)37-33-30(31(34-37)23-6-4-3-5-7-23)32(24-9-11-26-27(17-24)42-20-41-26)43-19-29(39)36(33)18-28(38)35-12-14-40-15-13-35/h3-11,16-17,32H,12-15,18-20H2,1-2H3/t32-/m1/s1. The number of hydrogen-bond acceptors (Lipinski definition) is 7. The maximum absolute atomic E-state index is 14.1. The van der Waals surface area contributed by atoms with Crippen molar-refractivity contribution in [3.05, 3.63) is 89.0 Å². The number of morpholine rings is 1. The van der Waals surface area contributed by atoms with Gasteiger partial charge in [-0.2, -0.15) is 5.10 Å². The third-order valence-electron chi connectivity index (χ3n) is 8.07. The van der Waals surface area contributed by atoms with Crippen LogP contribution >= 0.6 is 11.8 Å². The van der Waals surface area contributed by atoms with Crippen LogP contribution in [0, 0.1) is 13.8 Å². The number of nitrogens with zero attached hydrogens (tertiary/aromatic N) is 4. The molecule has 0 spiro atoms. The molecule has 3 aliphatic rings. The van der Waals surface area contributed by atoms with Gasteiger partial charge in [0, 0.05) is 24.2 Å². The number of amides is 2. The summed E-state index contributed by atoms with van der Waals surface area (Å²) < 4.78 is 18.7. The predicted octanol–water partition coefficient (Wildman–Crippen LogP) is 4.91. The van der Waals surface area contributed by atoms with Crippen molar-refractivity contribution in [2.75, 3.05) is 50.3 Å². The van der Waals surface area contributed by atoms with E-state index >= 15 is 0 Å². The lowest BCUT2D eigenvalue weighted by molar-refractivity contribution is -0.134. The second-order valence-electron chi connectivity index (χ2n) is 10.9. The summed E-state index contributed by atoms with van der Waals surface area (Å²) in [6, 6.07) is 22.1. The Morgan fingerprint density at radius 2 is 1.77 bits per heavy atom. The molecule has 0 N–H and O–H groups in total. The molecular formula is C33H32N4O5S. The number of aryl methyl sites for hydroxylation is 2. The van der Waals surface area contributed by atoms with Crippen LogP contribution in [0.5, 0.6) is 11.5 Å². The van der Waals surface area contributed by atoms with Gasteiger partial charge < -0.3 is 19.1 Å². The van der Waals surface area contributed by atoms with E-state index in [0.29, 0.717) is 43.6 Å². The van der Waals surface area contributed by atoms with E-state index in [1.165, 1.54) is 11.8 Å². The van der Waals surface area contributed by atoms with Crippen LogP contribution in [0.15, 0.2) is 66.7 Å². The fourth-order valence-corrected chi connectivity index (χ4v) is 7.11. The van der Waals surface area contributed by atoms with Gasteiger partial charge in [0.2, 0.25) is 18.6 Å². The van der Waals surface area contributed by atoms with Crippen molar-refractivity contribution < 1.29 is 23.8 Å². The van der Waals surface area contributed by atoms with Gasteiger partial charge in [0.25, 0.3) is 0 Å². The number of benzene rings is 3. The second-order valence-corrected chi connectivity index (χ2v) is 12.0. The molecule has 4 aromatic rings. The van der Waals surface area contributed by atoms with Gasteiger partial charge in [0.05, 0.1) is 35.6 Å². The van der Waals surface area contributed by atoms with E-state index < -0.39 is 0 Å². The summed E-state index contributed by atoms with van der Waals surface area (Å²) in [5.41, 5.74) is 6.57. The molecule has 0 bridgehead atoms. The zero-order valence-electron chi connectivity index (χ0n) is 24.1. The summed E-state index contributed by atoms with van der Waals surface area (Å²) >= 11 is 1.54.